The number of unbranched alkanes of at least 4 members (excludes halogenated alkanes) is 22. The van der Waals surface area contributed by atoms with Gasteiger partial charge in [0.1, 0.15) is 30.5 Å². The van der Waals surface area contributed by atoms with Gasteiger partial charge in [-0.2, -0.15) is 0 Å². The second-order valence-electron chi connectivity index (χ2n) is 14.6. The fourth-order valence-corrected chi connectivity index (χ4v) is 6.67. The molecule has 0 aromatic heterocycles. The van der Waals surface area contributed by atoms with E-state index in [-0.39, 0.29) is 18.9 Å². The number of ether oxygens (including phenoxy) is 2. The first-order chi connectivity index (χ1) is 23.8. The summed E-state index contributed by atoms with van der Waals surface area (Å²) in [6.07, 6.45) is 19.7. The van der Waals surface area contributed by atoms with Crippen LogP contribution in [-0.4, -0.2) is 98.7 Å². The van der Waals surface area contributed by atoms with Crippen molar-refractivity contribution in [3.8, 4) is 0 Å². The standard InChI is InChI=1S/C39H77NO9/c1-3-5-7-9-11-13-15-16-17-18-19-21-23-25-27-32(42)35(44)31(30-48-39-38(47)37(46)36(45)33(29-41)49-39)40-34(43)28-26-24-22-20-14-12-10-8-6-4-2/h31-33,35-39,41-42,44-47H,3-30H2,1-2H3,(H,40,43)/t31-,32+,33+,35-,36+,37?,38?,39+/m0/s1. The number of carbonyl (C=O) groups excluding carboxylic acids is 1. The Morgan fingerprint density at radius 3 is 1.51 bits per heavy atom. The predicted molar refractivity (Wildman–Crippen MR) is 195 cm³/mol. The van der Waals surface area contributed by atoms with Gasteiger partial charge in [-0.3, -0.25) is 4.79 Å². The van der Waals surface area contributed by atoms with E-state index < -0.39 is 55.6 Å². The van der Waals surface area contributed by atoms with Crippen molar-refractivity contribution < 1.29 is 44.9 Å². The van der Waals surface area contributed by atoms with Gasteiger partial charge in [-0.15, -0.1) is 0 Å². The zero-order chi connectivity index (χ0) is 36.1. The van der Waals surface area contributed by atoms with Crippen molar-refractivity contribution in [3.63, 3.8) is 0 Å². The number of aliphatic hydroxyl groups is 6. The summed E-state index contributed by atoms with van der Waals surface area (Å²) in [7, 11) is 0. The highest BCUT2D eigenvalue weighted by atomic mass is 16.7. The van der Waals surface area contributed by atoms with Gasteiger partial charge in [0.15, 0.2) is 6.29 Å². The van der Waals surface area contributed by atoms with Crippen molar-refractivity contribution in [3.05, 3.63) is 0 Å². The number of hydrogen-bond acceptors (Lipinski definition) is 9. The van der Waals surface area contributed by atoms with Crippen LogP contribution in [0.5, 0.6) is 0 Å². The summed E-state index contributed by atoms with van der Waals surface area (Å²) >= 11 is 0. The highest BCUT2D eigenvalue weighted by molar-refractivity contribution is 5.76. The quantitative estimate of drug-likeness (QED) is 0.0394. The maximum Gasteiger partial charge on any atom is 0.220 e. The van der Waals surface area contributed by atoms with Crippen LogP contribution in [0.3, 0.4) is 0 Å². The third-order valence-corrected chi connectivity index (χ3v) is 10.1. The van der Waals surface area contributed by atoms with E-state index in [1.807, 2.05) is 0 Å². The molecular formula is C39H77NO9. The minimum atomic E-state index is -1.60. The molecule has 1 heterocycles. The fraction of sp³-hybridized carbons (Fsp3) is 0.974. The van der Waals surface area contributed by atoms with Gasteiger partial charge in [-0.1, -0.05) is 162 Å². The first kappa shape index (κ1) is 46.2. The molecule has 0 aromatic carbocycles. The molecule has 0 spiro atoms. The lowest BCUT2D eigenvalue weighted by molar-refractivity contribution is -0.303. The third-order valence-electron chi connectivity index (χ3n) is 10.1. The smallest absolute Gasteiger partial charge is 0.220 e. The molecule has 1 amide bonds. The zero-order valence-corrected chi connectivity index (χ0v) is 31.3. The SMILES string of the molecule is CCCCCCCCCCCCCCCC[C@@H](O)[C@@H](O)[C@H](CO[C@@H]1O[C@H](CO)[C@@H](O)C(O)C1O)NC(=O)CCCCCCCCCCCC. The Morgan fingerprint density at radius 1 is 0.633 bits per heavy atom. The minimum Gasteiger partial charge on any atom is -0.394 e. The molecule has 1 aliphatic heterocycles. The number of amides is 1. The lowest BCUT2D eigenvalue weighted by Crippen LogP contribution is -2.60. The molecule has 0 bridgehead atoms. The summed E-state index contributed by atoms with van der Waals surface area (Å²) in [5, 5.41) is 64.8. The van der Waals surface area contributed by atoms with Crippen LogP contribution >= 0.6 is 0 Å². The van der Waals surface area contributed by atoms with E-state index in [1.54, 1.807) is 0 Å². The maximum absolute atomic E-state index is 12.9. The van der Waals surface area contributed by atoms with Crippen molar-refractivity contribution >= 4 is 5.91 Å². The second kappa shape index (κ2) is 30.7. The number of hydrogen-bond donors (Lipinski definition) is 7. The first-order valence-electron chi connectivity index (χ1n) is 20.3. The van der Waals surface area contributed by atoms with E-state index in [2.05, 4.69) is 19.2 Å². The molecule has 7 N–H and O–H groups in total. The molecule has 49 heavy (non-hydrogen) atoms. The molecule has 10 heteroatoms. The lowest BCUT2D eigenvalue weighted by atomic mass is 9.98. The Labute approximate surface area is 298 Å². The number of rotatable bonds is 33. The molecule has 0 aromatic rings. The van der Waals surface area contributed by atoms with Crippen molar-refractivity contribution in [1.82, 2.24) is 5.32 Å². The Morgan fingerprint density at radius 2 is 1.06 bits per heavy atom. The minimum absolute atomic E-state index is 0.260. The Bertz CT molecular complexity index is 758. The fourth-order valence-electron chi connectivity index (χ4n) is 6.67. The van der Waals surface area contributed by atoms with Crippen molar-refractivity contribution in [2.24, 2.45) is 0 Å². The molecular weight excluding hydrogens is 626 g/mol. The summed E-state index contributed by atoms with van der Waals surface area (Å²) in [5.41, 5.74) is 0. The van der Waals surface area contributed by atoms with E-state index in [0.717, 1.165) is 44.9 Å². The topological polar surface area (TPSA) is 169 Å². The molecule has 1 saturated heterocycles. The van der Waals surface area contributed by atoms with E-state index in [9.17, 15) is 35.4 Å². The van der Waals surface area contributed by atoms with Gasteiger partial charge in [0.05, 0.1) is 25.4 Å². The summed E-state index contributed by atoms with van der Waals surface area (Å²) < 4.78 is 11.1. The zero-order valence-electron chi connectivity index (χ0n) is 31.3. The van der Waals surface area contributed by atoms with Crippen molar-refractivity contribution in [2.45, 2.75) is 230 Å². The van der Waals surface area contributed by atoms with Crippen LogP contribution in [0.4, 0.5) is 0 Å². The monoisotopic (exact) mass is 704 g/mol. The first-order valence-corrected chi connectivity index (χ1v) is 20.3. The molecule has 8 atom stereocenters. The molecule has 10 nitrogen and oxygen atoms in total. The van der Waals surface area contributed by atoms with Crippen LogP contribution < -0.4 is 5.32 Å². The summed E-state index contributed by atoms with van der Waals surface area (Å²) in [6, 6.07) is -0.982. The van der Waals surface area contributed by atoms with Gasteiger partial charge in [0.2, 0.25) is 5.91 Å². The van der Waals surface area contributed by atoms with Gasteiger partial charge in [-0.05, 0) is 12.8 Å². The highest BCUT2D eigenvalue weighted by Gasteiger charge is 2.44. The van der Waals surface area contributed by atoms with E-state index in [4.69, 9.17) is 9.47 Å². The van der Waals surface area contributed by atoms with Gasteiger partial charge in [0.25, 0.3) is 0 Å². The average Bonchev–Trinajstić information content (AvgIpc) is 3.10. The molecule has 1 aliphatic rings. The maximum atomic E-state index is 12.9. The molecule has 0 radical (unpaired) electrons. The molecule has 2 unspecified atom stereocenters. The van der Waals surface area contributed by atoms with Gasteiger partial charge >= 0.3 is 0 Å². The molecule has 0 aliphatic carbocycles. The van der Waals surface area contributed by atoms with Crippen LogP contribution in [0.2, 0.25) is 0 Å². The number of carbonyl (C=O) groups is 1. The second-order valence-corrected chi connectivity index (χ2v) is 14.6. The van der Waals surface area contributed by atoms with Crippen molar-refractivity contribution in [2.75, 3.05) is 13.2 Å². The molecule has 292 valence electrons. The summed E-state index contributed by atoms with van der Waals surface area (Å²) in [6.45, 7) is 3.57. The van der Waals surface area contributed by atoms with Gasteiger partial charge < -0.3 is 45.4 Å². The average molecular weight is 704 g/mol. The van der Waals surface area contributed by atoms with Crippen LogP contribution in [0.25, 0.3) is 0 Å². The van der Waals surface area contributed by atoms with Gasteiger partial charge in [0, 0.05) is 6.42 Å². The largest absolute Gasteiger partial charge is 0.394 e. The molecule has 1 fully saturated rings. The molecule has 1 rings (SSSR count). The normalized spacial score (nSPS) is 23.0. The van der Waals surface area contributed by atoms with Gasteiger partial charge in [-0.25, -0.2) is 0 Å². The highest BCUT2D eigenvalue weighted by Crippen LogP contribution is 2.23. The van der Waals surface area contributed by atoms with Crippen LogP contribution in [0, 0.1) is 0 Å². The van der Waals surface area contributed by atoms with Crippen molar-refractivity contribution in [1.29, 1.82) is 0 Å². The van der Waals surface area contributed by atoms with Crippen LogP contribution in [-0.2, 0) is 14.3 Å². The number of aliphatic hydroxyl groups excluding tert-OH is 6. The number of nitrogens with one attached hydrogen (secondary N) is 1. The van der Waals surface area contributed by atoms with Crippen LogP contribution in [0.15, 0.2) is 0 Å². The Hall–Kier alpha value is -0.850. The van der Waals surface area contributed by atoms with Crippen LogP contribution in [0.1, 0.15) is 181 Å². The molecule has 0 saturated carbocycles. The summed E-state index contributed by atoms with van der Waals surface area (Å²) in [4.78, 5) is 12.9. The predicted octanol–water partition coefficient (Wildman–Crippen LogP) is 6.19. The van der Waals surface area contributed by atoms with E-state index >= 15 is 0 Å². The van der Waals surface area contributed by atoms with E-state index in [0.29, 0.717) is 6.42 Å². The van der Waals surface area contributed by atoms with E-state index in [1.165, 1.54) is 109 Å². The summed E-state index contributed by atoms with van der Waals surface area (Å²) in [5.74, 6) is -0.260. The Balaban J connectivity index is 2.46. The third kappa shape index (κ3) is 22.0. The lowest BCUT2D eigenvalue weighted by Gasteiger charge is -2.40. The Kier molecular flexibility index (Phi) is 29.0.